The molecule has 0 amide bonds. The Hall–Kier alpha value is -1.57. The third-order valence-electron chi connectivity index (χ3n) is 4.81. The van der Waals surface area contributed by atoms with Crippen molar-refractivity contribution in [3.05, 3.63) is 36.2 Å². The zero-order valence-corrected chi connectivity index (χ0v) is 15.9. The van der Waals surface area contributed by atoms with Crippen molar-refractivity contribution in [1.82, 2.24) is 19.2 Å². The summed E-state index contributed by atoms with van der Waals surface area (Å²) < 4.78 is 26.9. The van der Waals surface area contributed by atoms with Gasteiger partial charge in [0.25, 0.3) is 0 Å². The van der Waals surface area contributed by atoms with Crippen LogP contribution in [0.4, 0.5) is 0 Å². The van der Waals surface area contributed by atoms with Crippen molar-refractivity contribution < 1.29 is 8.42 Å². The molecule has 1 unspecified atom stereocenters. The van der Waals surface area contributed by atoms with Gasteiger partial charge in [0.2, 0.25) is 10.0 Å². The molecule has 1 atom stereocenters. The van der Waals surface area contributed by atoms with Gasteiger partial charge in [0, 0.05) is 38.6 Å². The third kappa shape index (κ3) is 3.99. The summed E-state index contributed by atoms with van der Waals surface area (Å²) in [7, 11) is -1.18. The van der Waals surface area contributed by atoms with Gasteiger partial charge >= 0.3 is 0 Å². The Kier molecular flexibility index (Phi) is 5.36. The number of pyridine rings is 2. The molecule has 1 aliphatic rings. The van der Waals surface area contributed by atoms with Crippen LogP contribution in [-0.4, -0.2) is 66.1 Å². The Morgan fingerprint density at radius 1 is 1.16 bits per heavy atom. The van der Waals surface area contributed by atoms with Gasteiger partial charge < -0.3 is 4.90 Å². The third-order valence-corrected chi connectivity index (χ3v) is 7.05. The first-order chi connectivity index (χ1) is 11.9. The predicted octanol–water partition coefficient (Wildman–Crippen LogP) is 1.77. The monoisotopic (exact) mass is 362 g/mol. The largest absolute Gasteiger partial charge is 0.305 e. The summed E-state index contributed by atoms with van der Waals surface area (Å²) >= 11 is 0. The maximum atomic E-state index is 12.6. The van der Waals surface area contributed by atoms with Crippen LogP contribution < -0.4 is 0 Å². The first-order valence-corrected chi connectivity index (χ1v) is 10.2. The number of fused-ring (bicyclic) bond motifs is 1. The minimum absolute atomic E-state index is 0.230. The second-order valence-electron chi connectivity index (χ2n) is 7.13. The molecule has 0 saturated carbocycles. The van der Waals surface area contributed by atoms with Crippen molar-refractivity contribution in [3.63, 3.8) is 0 Å². The van der Waals surface area contributed by atoms with Gasteiger partial charge in [-0.15, -0.1) is 0 Å². The molecule has 3 heterocycles. The van der Waals surface area contributed by atoms with Gasteiger partial charge in [-0.2, -0.15) is 0 Å². The highest BCUT2D eigenvalue weighted by molar-refractivity contribution is 7.89. The molecule has 0 spiro atoms. The van der Waals surface area contributed by atoms with Gasteiger partial charge in [-0.25, -0.2) is 12.7 Å². The Balaban J connectivity index is 1.87. The standard InChI is InChI=1S/C18H26N4O2S/c1-14(2)25(23,24)22-10-9-21(3)12-15(13-22)11-16-6-8-19-17-5-4-7-20-18(16)17/h4-8,14-15H,9-13H2,1-3H3. The average molecular weight is 362 g/mol. The van der Waals surface area contributed by atoms with Crippen LogP contribution in [-0.2, 0) is 16.4 Å². The Morgan fingerprint density at radius 2 is 1.96 bits per heavy atom. The van der Waals surface area contributed by atoms with Crippen molar-refractivity contribution in [3.8, 4) is 0 Å². The van der Waals surface area contributed by atoms with E-state index in [0.29, 0.717) is 13.1 Å². The molecule has 0 aliphatic carbocycles. The maximum Gasteiger partial charge on any atom is 0.216 e. The predicted molar refractivity (Wildman–Crippen MR) is 99.9 cm³/mol. The second-order valence-corrected chi connectivity index (χ2v) is 9.61. The van der Waals surface area contributed by atoms with Crippen LogP contribution in [0.25, 0.3) is 11.0 Å². The summed E-state index contributed by atoms with van der Waals surface area (Å²) in [5.74, 6) is 0.230. The molecule has 0 radical (unpaired) electrons. The summed E-state index contributed by atoms with van der Waals surface area (Å²) in [4.78, 5) is 11.1. The lowest BCUT2D eigenvalue weighted by molar-refractivity contribution is 0.308. The van der Waals surface area contributed by atoms with Crippen LogP contribution in [0.15, 0.2) is 30.6 Å². The Morgan fingerprint density at radius 3 is 2.72 bits per heavy atom. The number of nitrogens with zero attached hydrogens (tertiary/aromatic N) is 4. The van der Waals surface area contributed by atoms with E-state index in [9.17, 15) is 8.42 Å². The summed E-state index contributed by atoms with van der Waals surface area (Å²) in [6.45, 7) is 6.25. The molecule has 0 N–H and O–H groups in total. The molecule has 25 heavy (non-hydrogen) atoms. The van der Waals surface area contributed by atoms with Gasteiger partial charge in [-0.05, 0) is 57.0 Å². The molecule has 0 aromatic carbocycles. The fraction of sp³-hybridized carbons (Fsp3) is 0.556. The normalized spacial score (nSPS) is 20.9. The summed E-state index contributed by atoms with van der Waals surface area (Å²) in [5, 5.41) is -0.389. The lowest BCUT2D eigenvalue weighted by Gasteiger charge is -2.25. The SMILES string of the molecule is CC(C)S(=O)(=O)N1CCN(C)CC(Cc2ccnc3cccnc23)C1. The van der Waals surface area contributed by atoms with Crippen LogP contribution in [0.2, 0.25) is 0 Å². The van der Waals surface area contributed by atoms with Crippen LogP contribution >= 0.6 is 0 Å². The molecule has 6 nitrogen and oxygen atoms in total. The van der Waals surface area contributed by atoms with E-state index in [1.54, 1.807) is 24.3 Å². The molecule has 1 saturated heterocycles. The topological polar surface area (TPSA) is 66.4 Å². The zero-order chi connectivity index (χ0) is 18.0. The highest BCUT2D eigenvalue weighted by Crippen LogP contribution is 2.22. The number of sulfonamides is 1. The number of rotatable bonds is 4. The molecular weight excluding hydrogens is 336 g/mol. The van der Waals surface area contributed by atoms with Crippen LogP contribution in [0.3, 0.4) is 0 Å². The van der Waals surface area contributed by atoms with Gasteiger partial charge in [0.05, 0.1) is 16.3 Å². The fourth-order valence-electron chi connectivity index (χ4n) is 3.42. The van der Waals surface area contributed by atoms with Crippen LogP contribution in [0.5, 0.6) is 0 Å². The molecular formula is C18H26N4O2S. The first kappa shape index (κ1) is 18.2. The second kappa shape index (κ2) is 7.35. The van der Waals surface area contributed by atoms with Crippen LogP contribution in [0.1, 0.15) is 19.4 Å². The van der Waals surface area contributed by atoms with E-state index in [1.807, 2.05) is 24.4 Å². The molecule has 1 aliphatic heterocycles. The van der Waals surface area contributed by atoms with E-state index in [2.05, 4.69) is 21.9 Å². The summed E-state index contributed by atoms with van der Waals surface area (Å²) in [6, 6.07) is 5.84. The van der Waals surface area contributed by atoms with E-state index in [4.69, 9.17) is 0 Å². The van der Waals surface area contributed by atoms with Crippen molar-refractivity contribution >= 4 is 21.1 Å². The average Bonchev–Trinajstić information content (AvgIpc) is 2.77. The molecule has 2 aromatic heterocycles. The van der Waals surface area contributed by atoms with Crippen LogP contribution in [0, 0.1) is 5.92 Å². The lowest BCUT2D eigenvalue weighted by atomic mass is 9.98. The quantitative estimate of drug-likeness (QED) is 0.829. The van der Waals surface area contributed by atoms with Crippen molar-refractivity contribution in [2.45, 2.75) is 25.5 Å². The van der Waals surface area contributed by atoms with Gasteiger partial charge in [0.1, 0.15) is 0 Å². The van der Waals surface area contributed by atoms with Gasteiger partial charge in [-0.1, -0.05) is 0 Å². The van der Waals surface area contributed by atoms with Crippen molar-refractivity contribution in [1.29, 1.82) is 0 Å². The minimum Gasteiger partial charge on any atom is -0.305 e. The molecule has 136 valence electrons. The smallest absolute Gasteiger partial charge is 0.216 e. The van der Waals surface area contributed by atoms with Crippen molar-refractivity contribution in [2.75, 3.05) is 33.2 Å². The molecule has 3 rings (SSSR count). The fourth-order valence-corrected chi connectivity index (χ4v) is 4.77. The number of hydrogen-bond acceptors (Lipinski definition) is 5. The van der Waals surface area contributed by atoms with Gasteiger partial charge in [-0.3, -0.25) is 9.97 Å². The summed E-state index contributed by atoms with van der Waals surface area (Å²) in [6.07, 6.45) is 4.38. The number of hydrogen-bond donors (Lipinski definition) is 0. The molecule has 1 fully saturated rings. The van der Waals surface area contributed by atoms with E-state index in [0.717, 1.165) is 36.1 Å². The highest BCUT2D eigenvalue weighted by atomic mass is 32.2. The lowest BCUT2D eigenvalue weighted by Crippen LogP contribution is -2.40. The number of likely N-dealkylation sites (N-methyl/N-ethyl adjacent to an activating group) is 1. The molecule has 7 heteroatoms. The maximum absolute atomic E-state index is 12.6. The van der Waals surface area contributed by atoms with E-state index in [-0.39, 0.29) is 11.2 Å². The van der Waals surface area contributed by atoms with E-state index < -0.39 is 10.0 Å². The zero-order valence-electron chi connectivity index (χ0n) is 15.1. The Labute approximate surface area is 149 Å². The number of aromatic nitrogens is 2. The van der Waals surface area contributed by atoms with Crippen molar-refractivity contribution in [2.24, 2.45) is 5.92 Å². The Bertz CT molecular complexity index is 833. The highest BCUT2D eigenvalue weighted by Gasteiger charge is 2.31. The molecule has 0 bridgehead atoms. The summed E-state index contributed by atoms with van der Waals surface area (Å²) in [5.41, 5.74) is 2.93. The van der Waals surface area contributed by atoms with Gasteiger partial charge in [0.15, 0.2) is 0 Å². The van der Waals surface area contributed by atoms with E-state index >= 15 is 0 Å². The van der Waals surface area contributed by atoms with E-state index in [1.165, 1.54) is 0 Å². The molecule has 2 aromatic rings. The first-order valence-electron chi connectivity index (χ1n) is 8.74. The minimum atomic E-state index is -3.24.